The number of aromatic hydroxyl groups is 1. The maximum atomic E-state index is 12.6. The number of phenols is 1. The van der Waals surface area contributed by atoms with Crippen LogP contribution in [0.2, 0.25) is 0 Å². The van der Waals surface area contributed by atoms with Crippen LogP contribution in [-0.4, -0.2) is 55.4 Å². The molecule has 1 amide bonds. The van der Waals surface area contributed by atoms with Crippen molar-refractivity contribution >= 4 is 16.9 Å². The normalized spacial score (nSPS) is 17.1. The van der Waals surface area contributed by atoms with Gasteiger partial charge >= 0.3 is 0 Å². The van der Waals surface area contributed by atoms with Gasteiger partial charge in [-0.15, -0.1) is 0 Å². The molecule has 2 aliphatic rings. The lowest BCUT2D eigenvalue weighted by atomic mass is 9.96. The van der Waals surface area contributed by atoms with Gasteiger partial charge in [0.1, 0.15) is 28.6 Å². The molecule has 0 saturated carbocycles. The number of hydrogen-bond acceptors (Lipinski definition) is 6. The molecule has 0 spiro atoms. The molecule has 3 aromatic rings. The van der Waals surface area contributed by atoms with Gasteiger partial charge in [0.2, 0.25) is 5.91 Å². The number of carbonyl (C=O) groups is 1. The van der Waals surface area contributed by atoms with E-state index in [1.165, 1.54) is 0 Å². The van der Waals surface area contributed by atoms with Gasteiger partial charge in [-0.25, -0.2) is 0 Å². The molecule has 5 rings (SSSR count). The lowest BCUT2D eigenvalue weighted by Gasteiger charge is -2.41. The van der Waals surface area contributed by atoms with Crippen LogP contribution in [0.4, 0.5) is 0 Å². The number of ether oxygens (including phenoxy) is 3. The lowest BCUT2D eigenvalue weighted by Crippen LogP contribution is -2.58. The Morgan fingerprint density at radius 1 is 1.03 bits per heavy atom. The summed E-state index contributed by atoms with van der Waals surface area (Å²) in [6, 6.07) is 7.64. The van der Waals surface area contributed by atoms with Crippen molar-refractivity contribution in [2.45, 2.75) is 39.7 Å². The molecule has 0 bridgehead atoms. The van der Waals surface area contributed by atoms with Crippen molar-refractivity contribution in [1.29, 1.82) is 0 Å². The molecule has 0 unspecified atom stereocenters. The SMILES string of the molecule is COc1c(-c2ccc(OC3CN(C(=O)C4CCOCC4)C3)cc2)oc2c(C)c(C)c(C)c(O)c12. The van der Waals surface area contributed by atoms with Gasteiger partial charge in [-0.1, -0.05) is 0 Å². The smallest absolute Gasteiger partial charge is 0.226 e. The highest BCUT2D eigenvalue weighted by Gasteiger charge is 2.36. The lowest BCUT2D eigenvalue weighted by molar-refractivity contribution is -0.147. The number of nitrogens with zero attached hydrogens (tertiary/aromatic N) is 1. The second-order valence-corrected chi connectivity index (χ2v) is 9.29. The van der Waals surface area contributed by atoms with E-state index in [2.05, 4.69) is 0 Å². The fourth-order valence-electron chi connectivity index (χ4n) is 4.87. The standard InChI is InChI=1S/C27H31NO6/c1-15-16(2)23(29)22-24(17(15)3)34-25(26(22)31-4)18-5-7-20(8-6-18)33-21-13-28(14-21)27(30)19-9-11-32-12-10-19/h5-8,19,21,29H,9-14H2,1-4H3. The minimum Gasteiger partial charge on any atom is -0.507 e. The number of aryl methyl sites for hydroxylation is 1. The van der Waals surface area contributed by atoms with Crippen LogP contribution in [0.1, 0.15) is 29.5 Å². The molecule has 0 aliphatic carbocycles. The van der Waals surface area contributed by atoms with E-state index in [1.807, 2.05) is 49.9 Å². The second-order valence-electron chi connectivity index (χ2n) is 9.29. The van der Waals surface area contributed by atoms with Gasteiger partial charge in [0, 0.05) is 24.7 Å². The fraction of sp³-hybridized carbons (Fsp3) is 0.444. The molecular formula is C27H31NO6. The van der Waals surface area contributed by atoms with Crippen LogP contribution >= 0.6 is 0 Å². The Labute approximate surface area is 199 Å². The first kappa shape index (κ1) is 22.6. The first-order valence-electron chi connectivity index (χ1n) is 11.8. The van der Waals surface area contributed by atoms with Gasteiger partial charge in [0.15, 0.2) is 11.5 Å². The van der Waals surface area contributed by atoms with Gasteiger partial charge in [0.05, 0.1) is 20.2 Å². The predicted octanol–water partition coefficient (Wildman–Crippen LogP) is 4.76. The molecule has 180 valence electrons. The van der Waals surface area contributed by atoms with Crippen molar-refractivity contribution in [3.63, 3.8) is 0 Å². The van der Waals surface area contributed by atoms with Crippen molar-refractivity contribution in [1.82, 2.24) is 4.90 Å². The Balaban J connectivity index is 1.30. The van der Waals surface area contributed by atoms with Crippen molar-refractivity contribution in [2.24, 2.45) is 5.92 Å². The molecule has 2 saturated heterocycles. The van der Waals surface area contributed by atoms with Crippen LogP contribution in [0.15, 0.2) is 28.7 Å². The van der Waals surface area contributed by atoms with Gasteiger partial charge in [-0.2, -0.15) is 0 Å². The third-order valence-electron chi connectivity index (χ3n) is 7.28. The molecule has 7 nitrogen and oxygen atoms in total. The highest BCUT2D eigenvalue weighted by atomic mass is 16.5. The summed E-state index contributed by atoms with van der Waals surface area (Å²) in [7, 11) is 1.58. The maximum Gasteiger partial charge on any atom is 0.226 e. The summed E-state index contributed by atoms with van der Waals surface area (Å²) in [5, 5.41) is 11.4. The molecule has 1 N–H and O–H groups in total. The number of rotatable bonds is 5. The zero-order valence-corrected chi connectivity index (χ0v) is 20.1. The number of phenolic OH excluding ortho intramolecular Hbond substituents is 1. The first-order valence-corrected chi connectivity index (χ1v) is 11.8. The Morgan fingerprint density at radius 2 is 1.71 bits per heavy atom. The van der Waals surface area contributed by atoms with Crippen molar-refractivity contribution < 1.29 is 28.5 Å². The minimum atomic E-state index is 0.000856. The molecule has 0 radical (unpaired) electrons. The molecule has 1 aromatic heterocycles. The summed E-state index contributed by atoms with van der Waals surface area (Å²) in [6.07, 6.45) is 1.62. The van der Waals surface area contributed by atoms with Gasteiger partial charge in [-0.3, -0.25) is 4.79 Å². The van der Waals surface area contributed by atoms with Gasteiger partial charge in [-0.05, 0) is 74.6 Å². The Hall–Kier alpha value is -3.19. The summed E-state index contributed by atoms with van der Waals surface area (Å²) in [6.45, 7) is 8.44. The average Bonchev–Trinajstić information content (AvgIpc) is 3.24. The summed E-state index contributed by atoms with van der Waals surface area (Å²) < 4.78 is 23.3. The number of hydrogen-bond donors (Lipinski definition) is 1. The van der Waals surface area contributed by atoms with Crippen LogP contribution in [0.25, 0.3) is 22.3 Å². The van der Waals surface area contributed by atoms with E-state index in [1.54, 1.807) is 7.11 Å². The summed E-state index contributed by atoms with van der Waals surface area (Å²) in [4.78, 5) is 14.5. The number of carbonyl (C=O) groups excluding carboxylic acids is 1. The van der Waals surface area contributed by atoms with Crippen LogP contribution in [0.3, 0.4) is 0 Å². The van der Waals surface area contributed by atoms with E-state index in [9.17, 15) is 9.90 Å². The maximum absolute atomic E-state index is 12.6. The topological polar surface area (TPSA) is 81.4 Å². The van der Waals surface area contributed by atoms with Gasteiger partial charge in [0.25, 0.3) is 0 Å². The third kappa shape index (κ3) is 3.78. The van der Waals surface area contributed by atoms with Crippen LogP contribution in [-0.2, 0) is 9.53 Å². The molecule has 2 aromatic carbocycles. The molecule has 2 fully saturated rings. The summed E-state index contributed by atoms with van der Waals surface area (Å²) in [5.74, 6) is 2.34. The highest BCUT2D eigenvalue weighted by molar-refractivity contribution is 5.99. The van der Waals surface area contributed by atoms with E-state index in [0.717, 1.165) is 40.8 Å². The van der Waals surface area contributed by atoms with Crippen molar-refractivity contribution in [3.05, 3.63) is 41.0 Å². The number of fused-ring (bicyclic) bond motifs is 1. The van der Waals surface area contributed by atoms with Crippen molar-refractivity contribution in [3.8, 4) is 28.6 Å². The van der Waals surface area contributed by atoms with Crippen LogP contribution < -0.4 is 9.47 Å². The zero-order chi connectivity index (χ0) is 24.0. The Bertz CT molecular complexity index is 1220. The second kappa shape index (κ2) is 8.87. The predicted molar refractivity (Wildman–Crippen MR) is 129 cm³/mol. The summed E-state index contributed by atoms with van der Waals surface area (Å²) in [5.41, 5.74) is 4.28. The molecule has 3 heterocycles. The molecule has 34 heavy (non-hydrogen) atoms. The summed E-state index contributed by atoms with van der Waals surface area (Å²) >= 11 is 0. The molecule has 7 heteroatoms. The van der Waals surface area contributed by atoms with Crippen molar-refractivity contribution in [2.75, 3.05) is 33.4 Å². The van der Waals surface area contributed by atoms with Crippen LogP contribution in [0.5, 0.6) is 17.2 Å². The largest absolute Gasteiger partial charge is 0.507 e. The monoisotopic (exact) mass is 465 g/mol. The Morgan fingerprint density at radius 3 is 2.35 bits per heavy atom. The molecule has 2 aliphatic heterocycles. The molecular weight excluding hydrogens is 434 g/mol. The molecule has 0 atom stereocenters. The third-order valence-corrected chi connectivity index (χ3v) is 7.28. The highest BCUT2D eigenvalue weighted by Crippen LogP contribution is 2.47. The number of methoxy groups -OCH3 is 1. The van der Waals surface area contributed by atoms with Crippen LogP contribution in [0, 0.1) is 26.7 Å². The first-order chi connectivity index (χ1) is 16.4. The average molecular weight is 466 g/mol. The number of furan rings is 1. The quantitative estimate of drug-likeness (QED) is 0.585. The van der Waals surface area contributed by atoms with Gasteiger partial charge < -0.3 is 28.6 Å². The zero-order valence-electron chi connectivity index (χ0n) is 20.1. The van der Waals surface area contributed by atoms with E-state index in [-0.39, 0.29) is 23.7 Å². The Kier molecular flexibility index (Phi) is 5.90. The fourth-order valence-corrected chi connectivity index (χ4v) is 4.87. The number of benzene rings is 2. The number of amides is 1. The van der Waals surface area contributed by atoms with E-state index >= 15 is 0 Å². The van der Waals surface area contributed by atoms with E-state index in [4.69, 9.17) is 18.6 Å². The minimum absolute atomic E-state index is 0.000856. The van der Waals surface area contributed by atoms with E-state index in [0.29, 0.717) is 48.8 Å². The number of likely N-dealkylation sites (tertiary alicyclic amines) is 1. The van der Waals surface area contributed by atoms with E-state index < -0.39 is 0 Å².